The molecule has 4 rings (SSSR count). The van der Waals surface area contributed by atoms with Crippen LogP contribution in [-0.2, 0) is 31.5 Å². The molecule has 0 spiro atoms. The second-order valence-corrected chi connectivity index (χ2v) is 8.04. The van der Waals surface area contributed by atoms with Gasteiger partial charge in [0, 0.05) is 19.7 Å². The van der Waals surface area contributed by atoms with E-state index < -0.39 is 17.2 Å². The second kappa shape index (κ2) is 10.8. The molecule has 3 heterocycles. The van der Waals surface area contributed by atoms with Crippen molar-refractivity contribution in [1.29, 1.82) is 0 Å². The van der Waals surface area contributed by atoms with E-state index in [1.807, 2.05) is 25.1 Å². The van der Waals surface area contributed by atoms with Crippen LogP contribution in [0.15, 0.2) is 56.8 Å². The van der Waals surface area contributed by atoms with Crippen molar-refractivity contribution in [2.45, 2.75) is 39.5 Å². The number of aromatic nitrogens is 6. The lowest BCUT2D eigenvalue weighted by molar-refractivity contribution is 0.0449. The first-order chi connectivity index (χ1) is 17.4. The van der Waals surface area contributed by atoms with Crippen LogP contribution < -0.4 is 21.5 Å². The number of rotatable bonds is 10. The van der Waals surface area contributed by atoms with Gasteiger partial charge in [0.2, 0.25) is 0 Å². The van der Waals surface area contributed by atoms with Gasteiger partial charge in [-0.2, -0.15) is 5.10 Å². The van der Waals surface area contributed by atoms with Gasteiger partial charge in [0.05, 0.1) is 6.54 Å². The van der Waals surface area contributed by atoms with E-state index in [-0.39, 0.29) is 48.0 Å². The van der Waals surface area contributed by atoms with Gasteiger partial charge in [-0.3, -0.25) is 19.1 Å². The lowest BCUT2D eigenvalue weighted by atomic mass is 10.3. The summed E-state index contributed by atoms with van der Waals surface area (Å²) in [5.41, 5.74) is -1.11. The van der Waals surface area contributed by atoms with Crippen LogP contribution in [0.2, 0.25) is 0 Å². The molecule has 12 heteroatoms. The topological polar surface area (TPSA) is 143 Å². The molecule has 188 valence electrons. The van der Waals surface area contributed by atoms with E-state index in [2.05, 4.69) is 15.1 Å². The van der Waals surface area contributed by atoms with Crippen LogP contribution >= 0.6 is 0 Å². The third-order valence-electron chi connectivity index (χ3n) is 5.56. The number of H-pyrrole nitrogens is 1. The maximum atomic E-state index is 12.6. The minimum absolute atomic E-state index is 0.0641. The largest absolute Gasteiger partial charge is 0.492 e. The van der Waals surface area contributed by atoms with Crippen molar-refractivity contribution >= 4 is 17.1 Å². The van der Waals surface area contributed by atoms with Crippen molar-refractivity contribution in [2.75, 3.05) is 6.61 Å². The van der Waals surface area contributed by atoms with Gasteiger partial charge in [-0.15, -0.1) is 0 Å². The van der Waals surface area contributed by atoms with Gasteiger partial charge in [-0.25, -0.2) is 19.3 Å². The predicted molar refractivity (Wildman–Crippen MR) is 130 cm³/mol. The fourth-order valence-corrected chi connectivity index (χ4v) is 3.63. The number of fused-ring (bicyclic) bond motifs is 1. The molecule has 0 radical (unpaired) electrons. The zero-order valence-corrected chi connectivity index (χ0v) is 20.0. The number of nitrogens with one attached hydrogen (secondary N) is 1. The van der Waals surface area contributed by atoms with Crippen molar-refractivity contribution in [1.82, 2.24) is 28.9 Å². The number of para-hydroxylation sites is 1. The molecule has 1 N–H and O–H groups in total. The molecule has 0 saturated carbocycles. The molecular formula is C24H26N6O6. The molecule has 0 bridgehead atoms. The molecule has 0 amide bonds. The average molecular weight is 495 g/mol. The highest BCUT2D eigenvalue weighted by Gasteiger charge is 2.18. The summed E-state index contributed by atoms with van der Waals surface area (Å²) >= 11 is 0. The van der Waals surface area contributed by atoms with E-state index in [0.29, 0.717) is 12.3 Å². The van der Waals surface area contributed by atoms with Crippen LogP contribution in [0.4, 0.5) is 0 Å². The van der Waals surface area contributed by atoms with Crippen molar-refractivity contribution in [3.8, 4) is 5.75 Å². The lowest BCUT2D eigenvalue weighted by Crippen LogP contribution is -2.31. The minimum atomic E-state index is -0.767. The predicted octanol–water partition coefficient (Wildman–Crippen LogP) is 1.22. The van der Waals surface area contributed by atoms with E-state index in [4.69, 9.17) is 9.47 Å². The molecule has 3 aromatic heterocycles. The summed E-state index contributed by atoms with van der Waals surface area (Å²) in [5, 5.41) is 4.08. The minimum Gasteiger partial charge on any atom is -0.492 e. The number of esters is 1. The molecule has 4 aromatic rings. The standard InChI is InChI=1S/C24H26N6O6/c1-3-4-12-29-21-20(22(32)26-24(29)34)28(2)18(25-21)15-36-23(33)17-10-11-19(31)30(27-17)13-14-35-16-8-6-5-7-9-16/h5-11H,3-4,12-15H2,1-2H3,(H,26,32,34). The number of benzene rings is 1. The van der Waals surface area contributed by atoms with E-state index in [1.165, 1.54) is 21.3 Å². The Hall–Kier alpha value is -4.48. The highest BCUT2D eigenvalue weighted by Crippen LogP contribution is 2.12. The van der Waals surface area contributed by atoms with Gasteiger partial charge in [-0.1, -0.05) is 31.5 Å². The van der Waals surface area contributed by atoms with E-state index in [0.717, 1.165) is 17.5 Å². The first-order valence-corrected chi connectivity index (χ1v) is 11.5. The number of unbranched alkanes of at least 4 members (excludes halogenated alkanes) is 1. The van der Waals surface area contributed by atoms with Gasteiger partial charge in [0.25, 0.3) is 11.1 Å². The van der Waals surface area contributed by atoms with Crippen molar-refractivity contribution in [3.63, 3.8) is 0 Å². The number of aromatic amines is 1. The molecule has 0 fully saturated rings. The van der Waals surface area contributed by atoms with Gasteiger partial charge in [-0.05, 0) is 24.6 Å². The summed E-state index contributed by atoms with van der Waals surface area (Å²) in [5.74, 6) is 0.170. The summed E-state index contributed by atoms with van der Waals surface area (Å²) in [6.45, 7) is 2.45. The van der Waals surface area contributed by atoms with Gasteiger partial charge >= 0.3 is 11.7 Å². The van der Waals surface area contributed by atoms with E-state index >= 15 is 0 Å². The molecule has 0 aliphatic heterocycles. The van der Waals surface area contributed by atoms with Crippen LogP contribution in [0.5, 0.6) is 5.75 Å². The molecule has 12 nitrogen and oxygen atoms in total. The Morgan fingerprint density at radius 3 is 2.58 bits per heavy atom. The fourth-order valence-electron chi connectivity index (χ4n) is 3.63. The first kappa shape index (κ1) is 24.6. The van der Waals surface area contributed by atoms with Gasteiger partial charge in [0.1, 0.15) is 24.8 Å². The summed E-state index contributed by atoms with van der Waals surface area (Å²) in [6, 6.07) is 11.6. The normalized spacial score (nSPS) is 11.1. The highest BCUT2D eigenvalue weighted by molar-refractivity contribution is 5.86. The molecular weight excluding hydrogens is 468 g/mol. The average Bonchev–Trinajstić information content (AvgIpc) is 3.20. The Bertz CT molecular complexity index is 1550. The molecule has 0 aliphatic rings. The Labute approximate surface area is 204 Å². The van der Waals surface area contributed by atoms with Crippen LogP contribution in [0.3, 0.4) is 0 Å². The third-order valence-corrected chi connectivity index (χ3v) is 5.56. The number of carbonyl (C=O) groups excluding carboxylic acids is 1. The fraction of sp³-hybridized carbons (Fsp3) is 0.333. The molecule has 0 atom stereocenters. The SMILES string of the molecule is CCCCn1c(=O)[nH]c(=O)c2c1nc(COC(=O)c1ccc(=O)n(CCOc3ccccc3)n1)n2C. The first-order valence-electron chi connectivity index (χ1n) is 11.5. The van der Waals surface area contributed by atoms with E-state index in [1.54, 1.807) is 19.2 Å². The number of nitrogens with zero attached hydrogens (tertiary/aromatic N) is 5. The second-order valence-electron chi connectivity index (χ2n) is 8.04. The molecule has 36 heavy (non-hydrogen) atoms. The Morgan fingerprint density at radius 2 is 1.83 bits per heavy atom. The van der Waals surface area contributed by atoms with Crippen LogP contribution in [0, 0.1) is 0 Å². The number of hydrogen-bond acceptors (Lipinski definition) is 8. The summed E-state index contributed by atoms with van der Waals surface area (Å²) < 4.78 is 15.0. The highest BCUT2D eigenvalue weighted by atomic mass is 16.5. The van der Waals surface area contributed by atoms with Crippen LogP contribution in [0.1, 0.15) is 36.1 Å². The Kier molecular flexibility index (Phi) is 7.42. The smallest absolute Gasteiger partial charge is 0.359 e. The number of imidazole rings is 1. The van der Waals surface area contributed by atoms with Crippen LogP contribution in [0.25, 0.3) is 11.2 Å². The number of ether oxygens (including phenoxy) is 2. The van der Waals surface area contributed by atoms with Crippen molar-refractivity contribution in [2.24, 2.45) is 7.05 Å². The van der Waals surface area contributed by atoms with Crippen LogP contribution in [-0.4, -0.2) is 41.5 Å². The maximum absolute atomic E-state index is 12.6. The zero-order chi connectivity index (χ0) is 25.7. The monoisotopic (exact) mass is 494 g/mol. The quantitative estimate of drug-likeness (QED) is 0.324. The molecule has 1 aromatic carbocycles. The summed E-state index contributed by atoms with van der Waals surface area (Å²) in [6.07, 6.45) is 1.59. The number of aryl methyl sites for hydroxylation is 2. The molecule has 0 saturated heterocycles. The van der Waals surface area contributed by atoms with Crippen molar-refractivity contribution < 1.29 is 14.3 Å². The number of carbonyl (C=O) groups is 1. The van der Waals surface area contributed by atoms with E-state index in [9.17, 15) is 19.2 Å². The Balaban J connectivity index is 1.48. The maximum Gasteiger partial charge on any atom is 0.359 e. The third kappa shape index (κ3) is 5.27. The van der Waals surface area contributed by atoms with Gasteiger partial charge < -0.3 is 14.0 Å². The van der Waals surface area contributed by atoms with Gasteiger partial charge in [0.15, 0.2) is 16.9 Å². The molecule has 0 aliphatic carbocycles. The number of hydrogen-bond donors (Lipinski definition) is 1. The summed E-state index contributed by atoms with van der Waals surface area (Å²) in [7, 11) is 1.60. The Morgan fingerprint density at radius 1 is 1.06 bits per heavy atom. The molecule has 0 unspecified atom stereocenters. The zero-order valence-electron chi connectivity index (χ0n) is 20.0. The lowest BCUT2D eigenvalue weighted by Gasteiger charge is -2.09. The van der Waals surface area contributed by atoms with Crippen molar-refractivity contribution in [3.05, 3.63) is 85.2 Å². The summed E-state index contributed by atoms with van der Waals surface area (Å²) in [4.78, 5) is 56.1.